The second kappa shape index (κ2) is 6.91. The molecule has 4 nitrogen and oxygen atoms in total. The van der Waals surface area contributed by atoms with Crippen LogP contribution < -0.4 is 5.32 Å². The van der Waals surface area contributed by atoms with Gasteiger partial charge >= 0.3 is 0 Å². The molecule has 0 saturated heterocycles. The van der Waals surface area contributed by atoms with Crippen LogP contribution in [-0.2, 0) is 16.6 Å². The van der Waals surface area contributed by atoms with Gasteiger partial charge in [0.05, 0.1) is 16.6 Å². The van der Waals surface area contributed by atoms with Gasteiger partial charge in [-0.2, -0.15) is 0 Å². The number of hydrogen-bond acceptors (Lipinski definition) is 3. The van der Waals surface area contributed by atoms with E-state index in [0.717, 1.165) is 0 Å². The molecule has 0 saturated carbocycles. The minimum absolute atomic E-state index is 0.0363. The Morgan fingerprint density at radius 1 is 1.24 bits per heavy atom. The molecule has 0 spiro atoms. The van der Waals surface area contributed by atoms with Crippen molar-refractivity contribution in [1.82, 2.24) is 5.32 Å². The minimum Gasteiger partial charge on any atom is -0.455 e. The molecule has 1 N–H and O–H groups in total. The number of hydrogen-bond donors (Lipinski definition) is 1. The van der Waals surface area contributed by atoms with E-state index in [0.29, 0.717) is 15.7 Å². The lowest BCUT2D eigenvalue weighted by Gasteiger charge is -2.05. The van der Waals surface area contributed by atoms with Crippen molar-refractivity contribution in [3.05, 3.63) is 52.9 Å². The smallest absolute Gasteiger partial charge is 0.287 e. The summed E-state index contributed by atoms with van der Waals surface area (Å²) in [7, 11) is -1.24. The zero-order valence-electron chi connectivity index (χ0n) is 11.8. The predicted molar refractivity (Wildman–Crippen MR) is 82.9 cm³/mol. The van der Waals surface area contributed by atoms with Gasteiger partial charge in [-0.15, -0.1) is 0 Å². The van der Waals surface area contributed by atoms with Crippen LogP contribution >= 0.6 is 11.6 Å². The lowest BCUT2D eigenvalue weighted by Crippen LogP contribution is -2.29. The summed E-state index contributed by atoms with van der Waals surface area (Å²) in [4.78, 5) is 12.4. The van der Waals surface area contributed by atoms with Gasteiger partial charge in [0.1, 0.15) is 5.76 Å². The maximum Gasteiger partial charge on any atom is 0.287 e. The Morgan fingerprint density at radius 2 is 1.90 bits per heavy atom. The van der Waals surface area contributed by atoms with Gasteiger partial charge in [0.15, 0.2) is 5.76 Å². The summed E-state index contributed by atoms with van der Waals surface area (Å²) in [5.41, 5.74) is 0. The van der Waals surface area contributed by atoms with E-state index in [2.05, 4.69) is 5.32 Å². The third-order valence-electron chi connectivity index (χ3n) is 2.66. The van der Waals surface area contributed by atoms with Crippen LogP contribution in [0.5, 0.6) is 0 Å². The lowest BCUT2D eigenvalue weighted by atomic mass is 10.3. The van der Waals surface area contributed by atoms with Crippen molar-refractivity contribution in [1.29, 1.82) is 0 Å². The minimum atomic E-state index is -1.24. The molecule has 1 atom stereocenters. The molecule has 1 amide bonds. The third kappa shape index (κ3) is 4.44. The number of halogens is 1. The van der Waals surface area contributed by atoms with Gasteiger partial charge in [0.2, 0.25) is 0 Å². The van der Waals surface area contributed by atoms with Crippen LogP contribution in [0, 0.1) is 0 Å². The Morgan fingerprint density at radius 3 is 2.52 bits per heavy atom. The van der Waals surface area contributed by atoms with E-state index < -0.39 is 10.8 Å². The van der Waals surface area contributed by atoms with Gasteiger partial charge < -0.3 is 9.73 Å². The summed E-state index contributed by atoms with van der Waals surface area (Å²) in [6, 6.07) is 10.1. The summed E-state index contributed by atoms with van der Waals surface area (Å²) in [6.07, 6.45) is 0. The molecule has 1 aromatic heterocycles. The van der Waals surface area contributed by atoms with E-state index >= 15 is 0 Å². The molecular formula is C15H16ClNO3S. The summed E-state index contributed by atoms with van der Waals surface area (Å²) >= 11 is 5.79. The second-order valence-electron chi connectivity index (χ2n) is 4.84. The number of nitrogens with one attached hydrogen (secondary N) is 1. The normalized spacial score (nSPS) is 12.4. The SMILES string of the molecule is CC(C)NC(=O)c1ccc(CS(=O)c2ccc(Cl)cc2)o1. The highest BCUT2D eigenvalue weighted by Gasteiger charge is 2.14. The third-order valence-corrected chi connectivity index (χ3v) is 4.25. The number of amides is 1. The lowest BCUT2D eigenvalue weighted by molar-refractivity contribution is 0.0913. The summed E-state index contributed by atoms with van der Waals surface area (Å²) in [5.74, 6) is 0.689. The van der Waals surface area contributed by atoms with Crippen LogP contribution in [0.1, 0.15) is 30.2 Å². The van der Waals surface area contributed by atoms with Crippen molar-refractivity contribution in [2.75, 3.05) is 0 Å². The average molecular weight is 326 g/mol. The van der Waals surface area contributed by atoms with Crippen molar-refractivity contribution in [3.63, 3.8) is 0 Å². The quantitative estimate of drug-likeness (QED) is 0.916. The fourth-order valence-electron chi connectivity index (χ4n) is 1.71. The Balaban J connectivity index is 2.03. The van der Waals surface area contributed by atoms with Crippen molar-refractivity contribution < 1.29 is 13.4 Å². The van der Waals surface area contributed by atoms with Crippen LogP contribution in [0.4, 0.5) is 0 Å². The highest BCUT2D eigenvalue weighted by atomic mass is 35.5. The first-order valence-corrected chi connectivity index (χ1v) is 8.19. The fraction of sp³-hybridized carbons (Fsp3) is 0.267. The molecule has 0 aliphatic carbocycles. The molecule has 112 valence electrons. The van der Waals surface area contributed by atoms with E-state index in [9.17, 15) is 9.00 Å². The van der Waals surface area contributed by atoms with Gasteiger partial charge in [-0.25, -0.2) is 0 Å². The van der Waals surface area contributed by atoms with Crippen molar-refractivity contribution in [3.8, 4) is 0 Å². The van der Waals surface area contributed by atoms with Gasteiger partial charge in [0, 0.05) is 16.0 Å². The highest BCUT2D eigenvalue weighted by molar-refractivity contribution is 7.84. The molecule has 2 aromatic rings. The fourth-order valence-corrected chi connectivity index (χ4v) is 2.86. The van der Waals surface area contributed by atoms with Crippen LogP contribution in [0.15, 0.2) is 45.7 Å². The van der Waals surface area contributed by atoms with E-state index in [1.807, 2.05) is 13.8 Å². The Labute approximate surface area is 130 Å². The van der Waals surface area contributed by atoms with Gasteiger partial charge in [-0.3, -0.25) is 9.00 Å². The molecule has 0 fully saturated rings. The molecule has 0 bridgehead atoms. The summed E-state index contributed by atoms with van der Waals surface area (Å²) < 4.78 is 17.6. The number of carbonyl (C=O) groups excluding carboxylic acids is 1. The zero-order chi connectivity index (χ0) is 15.4. The van der Waals surface area contributed by atoms with Crippen LogP contribution in [0.25, 0.3) is 0 Å². The maximum atomic E-state index is 12.2. The van der Waals surface area contributed by atoms with Crippen LogP contribution in [-0.4, -0.2) is 16.2 Å². The molecular weight excluding hydrogens is 310 g/mol. The number of rotatable bonds is 5. The monoisotopic (exact) mass is 325 g/mol. The first kappa shape index (κ1) is 15.8. The zero-order valence-corrected chi connectivity index (χ0v) is 13.3. The summed E-state index contributed by atoms with van der Waals surface area (Å²) in [5, 5.41) is 3.34. The number of benzene rings is 1. The van der Waals surface area contributed by atoms with Gasteiger partial charge in [-0.1, -0.05) is 11.6 Å². The van der Waals surface area contributed by atoms with E-state index in [1.54, 1.807) is 36.4 Å². The maximum absolute atomic E-state index is 12.2. The second-order valence-corrected chi connectivity index (χ2v) is 6.73. The van der Waals surface area contributed by atoms with Crippen LogP contribution in [0.2, 0.25) is 5.02 Å². The molecule has 1 aromatic carbocycles. The van der Waals surface area contributed by atoms with E-state index in [-0.39, 0.29) is 23.5 Å². The molecule has 2 rings (SSSR count). The molecule has 0 aliphatic heterocycles. The van der Waals surface area contributed by atoms with E-state index in [1.165, 1.54) is 0 Å². The summed E-state index contributed by atoms with van der Waals surface area (Å²) in [6.45, 7) is 3.74. The van der Waals surface area contributed by atoms with E-state index in [4.69, 9.17) is 16.0 Å². The average Bonchev–Trinajstić information content (AvgIpc) is 2.87. The standard InChI is InChI=1S/C15H16ClNO3S/c1-10(2)17-15(18)14-8-5-12(20-14)9-21(19)13-6-3-11(16)4-7-13/h3-8,10H,9H2,1-2H3,(H,17,18). The molecule has 1 unspecified atom stereocenters. The van der Waals surface area contributed by atoms with Crippen molar-refractivity contribution >= 4 is 28.3 Å². The van der Waals surface area contributed by atoms with Gasteiger partial charge in [0.25, 0.3) is 5.91 Å². The molecule has 0 aliphatic rings. The first-order chi connectivity index (χ1) is 9.95. The first-order valence-electron chi connectivity index (χ1n) is 6.49. The van der Waals surface area contributed by atoms with Crippen molar-refractivity contribution in [2.24, 2.45) is 0 Å². The number of furan rings is 1. The Hall–Kier alpha value is -1.59. The molecule has 6 heteroatoms. The predicted octanol–water partition coefficient (Wildman–Crippen LogP) is 3.38. The Kier molecular flexibility index (Phi) is 5.20. The molecule has 21 heavy (non-hydrogen) atoms. The van der Waals surface area contributed by atoms with Gasteiger partial charge in [-0.05, 0) is 50.2 Å². The number of carbonyl (C=O) groups is 1. The Bertz CT molecular complexity index is 649. The molecule has 0 radical (unpaired) electrons. The topological polar surface area (TPSA) is 59.3 Å². The van der Waals surface area contributed by atoms with Crippen LogP contribution in [0.3, 0.4) is 0 Å². The highest BCUT2D eigenvalue weighted by Crippen LogP contribution is 2.17. The largest absolute Gasteiger partial charge is 0.455 e. The molecule has 1 heterocycles. The van der Waals surface area contributed by atoms with Crippen molar-refractivity contribution in [2.45, 2.75) is 30.5 Å².